The standard InChI is InChI=1S/C33H42ClN3O7S/c1-7-29(33(39)35-20-23(3)4)36(21-24-11-9-10-12-28(24)34)32(38)22-37(25-13-15-26(16-14-25)44-8-2)45(40,41)27-17-18-30(42-5)31(19-27)43-6/h9-19,23,29H,7-8,20-22H2,1-6H3,(H,35,39). The number of nitrogens with one attached hydrogen (secondary N) is 1. The van der Waals surface area contributed by atoms with Crippen LogP contribution < -0.4 is 23.8 Å². The highest BCUT2D eigenvalue weighted by molar-refractivity contribution is 7.92. The first-order chi connectivity index (χ1) is 21.5. The Labute approximate surface area is 271 Å². The van der Waals surface area contributed by atoms with Gasteiger partial charge in [-0.2, -0.15) is 0 Å². The SMILES string of the molecule is CCOc1ccc(N(CC(=O)N(Cc2ccccc2Cl)C(CC)C(=O)NCC(C)C)S(=O)(=O)c2ccc(OC)c(OC)c2)cc1. The number of rotatable bonds is 16. The topological polar surface area (TPSA) is 114 Å². The number of carbonyl (C=O) groups excluding carboxylic acids is 2. The molecule has 0 bridgehead atoms. The molecule has 0 saturated carbocycles. The molecule has 2 amide bonds. The highest BCUT2D eigenvalue weighted by atomic mass is 35.5. The Balaban J connectivity index is 2.11. The van der Waals surface area contributed by atoms with Crippen LogP contribution in [0.1, 0.15) is 39.7 Å². The summed E-state index contributed by atoms with van der Waals surface area (Å²) < 4.78 is 45.7. The summed E-state index contributed by atoms with van der Waals surface area (Å²) in [7, 11) is -1.48. The van der Waals surface area contributed by atoms with Crippen molar-refractivity contribution in [2.24, 2.45) is 5.92 Å². The van der Waals surface area contributed by atoms with Crippen LogP contribution in [-0.4, -0.2) is 65.1 Å². The summed E-state index contributed by atoms with van der Waals surface area (Å²) in [6.45, 7) is 7.85. The van der Waals surface area contributed by atoms with Crippen molar-refractivity contribution in [3.05, 3.63) is 77.3 Å². The van der Waals surface area contributed by atoms with Crippen LogP contribution in [0.15, 0.2) is 71.6 Å². The third kappa shape index (κ3) is 9.04. The summed E-state index contributed by atoms with van der Waals surface area (Å²) in [5.41, 5.74) is 0.856. The zero-order chi connectivity index (χ0) is 33.1. The molecule has 0 aliphatic rings. The van der Waals surface area contributed by atoms with E-state index in [2.05, 4.69) is 5.32 Å². The minimum atomic E-state index is -4.34. The third-order valence-corrected chi connectivity index (χ3v) is 9.17. The fourth-order valence-corrected chi connectivity index (χ4v) is 6.29. The molecule has 0 aliphatic heterocycles. The highest BCUT2D eigenvalue weighted by Gasteiger charge is 2.34. The van der Waals surface area contributed by atoms with Crippen LogP contribution in [0.4, 0.5) is 5.69 Å². The van der Waals surface area contributed by atoms with Gasteiger partial charge in [-0.05, 0) is 67.3 Å². The number of amides is 2. The van der Waals surface area contributed by atoms with E-state index in [0.717, 1.165) is 4.31 Å². The van der Waals surface area contributed by atoms with Crippen molar-refractivity contribution >= 4 is 39.1 Å². The van der Waals surface area contributed by atoms with Crippen molar-refractivity contribution in [1.29, 1.82) is 0 Å². The highest BCUT2D eigenvalue weighted by Crippen LogP contribution is 2.33. The number of methoxy groups -OCH3 is 2. The van der Waals surface area contributed by atoms with Crippen LogP contribution in [0, 0.1) is 5.92 Å². The van der Waals surface area contributed by atoms with Gasteiger partial charge in [-0.1, -0.05) is 50.6 Å². The first-order valence-electron chi connectivity index (χ1n) is 14.7. The lowest BCUT2D eigenvalue weighted by Crippen LogP contribution is -2.52. The van der Waals surface area contributed by atoms with Crippen molar-refractivity contribution in [3.8, 4) is 17.2 Å². The number of hydrogen-bond acceptors (Lipinski definition) is 7. The van der Waals surface area contributed by atoms with E-state index >= 15 is 0 Å². The summed E-state index contributed by atoms with van der Waals surface area (Å²) in [6.07, 6.45) is 0.297. The largest absolute Gasteiger partial charge is 0.494 e. The normalized spacial score (nSPS) is 11.9. The molecule has 3 aromatic rings. The van der Waals surface area contributed by atoms with Gasteiger partial charge in [0.25, 0.3) is 10.0 Å². The number of hydrogen-bond donors (Lipinski definition) is 1. The predicted molar refractivity (Wildman–Crippen MR) is 176 cm³/mol. The fraction of sp³-hybridized carbons (Fsp3) is 0.394. The molecule has 0 saturated heterocycles. The number of carbonyl (C=O) groups is 2. The maximum atomic E-state index is 14.3. The van der Waals surface area contributed by atoms with Crippen molar-refractivity contribution in [1.82, 2.24) is 10.2 Å². The Morgan fingerprint density at radius 1 is 0.933 bits per heavy atom. The van der Waals surface area contributed by atoms with Crippen molar-refractivity contribution in [2.45, 2.75) is 51.6 Å². The van der Waals surface area contributed by atoms with E-state index in [0.29, 0.717) is 41.7 Å². The third-order valence-electron chi connectivity index (χ3n) is 7.03. The first-order valence-corrected chi connectivity index (χ1v) is 16.6. The molecule has 1 N–H and O–H groups in total. The molecule has 0 fully saturated rings. The molecular formula is C33H42ClN3O7S. The van der Waals surface area contributed by atoms with E-state index in [1.54, 1.807) is 55.5 Å². The average molecular weight is 660 g/mol. The minimum Gasteiger partial charge on any atom is -0.494 e. The lowest BCUT2D eigenvalue weighted by atomic mass is 10.1. The van der Waals surface area contributed by atoms with Crippen LogP contribution in [0.2, 0.25) is 5.02 Å². The lowest BCUT2D eigenvalue weighted by molar-refractivity contribution is -0.140. The van der Waals surface area contributed by atoms with Crippen molar-refractivity contribution < 1.29 is 32.2 Å². The smallest absolute Gasteiger partial charge is 0.264 e. The number of ether oxygens (including phenoxy) is 3. The monoisotopic (exact) mass is 659 g/mol. The van der Waals surface area contributed by atoms with Gasteiger partial charge < -0.3 is 24.4 Å². The molecule has 244 valence electrons. The molecule has 1 atom stereocenters. The minimum absolute atomic E-state index is 0.000361. The van der Waals surface area contributed by atoms with Gasteiger partial charge in [0.05, 0.1) is 31.4 Å². The Morgan fingerprint density at radius 2 is 1.60 bits per heavy atom. The van der Waals surface area contributed by atoms with Gasteiger partial charge in [-0.3, -0.25) is 13.9 Å². The number of sulfonamides is 1. The maximum absolute atomic E-state index is 14.3. The second-order valence-corrected chi connectivity index (χ2v) is 12.9. The van der Waals surface area contributed by atoms with Gasteiger partial charge in [0.15, 0.2) is 11.5 Å². The second-order valence-electron chi connectivity index (χ2n) is 10.6. The summed E-state index contributed by atoms with van der Waals surface area (Å²) in [5.74, 6) is 0.389. The summed E-state index contributed by atoms with van der Waals surface area (Å²) >= 11 is 6.47. The number of halogens is 1. The Morgan fingerprint density at radius 3 is 2.18 bits per heavy atom. The van der Waals surface area contributed by atoms with E-state index < -0.39 is 28.5 Å². The van der Waals surface area contributed by atoms with Crippen LogP contribution in [0.5, 0.6) is 17.2 Å². The van der Waals surface area contributed by atoms with Crippen LogP contribution in [0.3, 0.4) is 0 Å². The van der Waals surface area contributed by atoms with E-state index in [9.17, 15) is 18.0 Å². The molecule has 10 nitrogen and oxygen atoms in total. The van der Waals surface area contributed by atoms with Crippen LogP contribution in [0.25, 0.3) is 0 Å². The van der Waals surface area contributed by atoms with Crippen LogP contribution in [-0.2, 0) is 26.2 Å². The zero-order valence-electron chi connectivity index (χ0n) is 26.6. The quantitative estimate of drug-likeness (QED) is 0.215. The molecule has 3 aromatic carbocycles. The molecule has 3 rings (SSSR count). The average Bonchev–Trinajstić information content (AvgIpc) is 3.03. The lowest BCUT2D eigenvalue weighted by Gasteiger charge is -2.33. The summed E-state index contributed by atoms with van der Waals surface area (Å²) in [4.78, 5) is 29.0. The predicted octanol–water partition coefficient (Wildman–Crippen LogP) is 5.53. The molecular weight excluding hydrogens is 618 g/mol. The second kappa shape index (κ2) is 16.4. The van der Waals surface area contributed by atoms with Gasteiger partial charge in [-0.25, -0.2) is 8.42 Å². The molecule has 0 spiro atoms. The molecule has 45 heavy (non-hydrogen) atoms. The summed E-state index contributed by atoms with van der Waals surface area (Å²) in [6, 6.07) is 16.8. The van der Waals surface area contributed by atoms with E-state index in [1.165, 1.54) is 37.3 Å². The zero-order valence-corrected chi connectivity index (χ0v) is 28.2. The van der Waals surface area contributed by atoms with E-state index in [4.69, 9.17) is 25.8 Å². The summed E-state index contributed by atoms with van der Waals surface area (Å²) in [5, 5.41) is 3.34. The van der Waals surface area contributed by atoms with Gasteiger partial charge in [0.1, 0.15) is 18.3 Å². The molecule has 1 unspecified atom stereocenters. The van der Waals surface area contributed by atoms with Gasteiger partial charge in [0, 0.05) is 24.2 Å². The van der Waals surface area contributed by atoms with Crippen molar-refractivity contribution in [2.75, 3.05) is 38.2 Å². The van der Waals surface area contributed by atoms with Gasteiger partial charge in [0.2, 0.25) is 11.8 Å². The molecule has 12 heteroatoms. The van der Waals surface area contributed by atoms with E-state index in [1.807, 2.05) is 20.8 Å². The number of benzene rings is 3. The Hall–Kier alpha value is -3.96. The molecule has 0 aromatic heterocycles. The maximum Gasteiger partial charge on any atom is 0.264 e. The molecule has 0 aliphatic carbocycles. The Kier molecular flexibility index (Phi) is 12.9. The molecule has 0 radical (unpaired) electrons. The van der Waals surface area contributed by atoms with Gasteiger partial charge in [-0.15, -0.1) is 0 Å². The first kappa shape index (κ1) is 35.5. The fourth-order valence-electron chi connectivity index (χ4n) is 4.66. The number of nitrogens with zero attached hydrogens (tertiary/aromatic N) is 2. The Bertz CT molecular complexity index is 1550. The molecule has 0 heterocycles. The van der Waals surface area contributed by atoms with Crippen LogP contribution >= 0.6 is 11.6 Å². The van der Waals surface area contributed by atoms with Crippen molar-refractivity contribution in [3.63, 3.8) is 0 Å². The van der Waals surface area contributed by atoms with Gasteiger partial charge >= 0.3 is 0 Å². The number of anilines is 1. The van der Waals surface area contributed by atoms with E-state index in [-0.39, 0.29) is 34.7 Å².